The molecule has 0 radical (unpaired) electrons. The molecule has 0 aromatic heterocycles. The van der Waals surface area contributed by atoms with E-state index in [1.165, 1.54) is 6.92 Å². The molecule has 5 heteroatoms. The van der Waals surface area contributed by atoms with E-state index in [1.807, 2.05) is 0 Å². The van der Waals surface area contributed by atoms with E-state index in [1.54, 1.807) is 24.3 Å². The maximum Gasteiger partial charge on any atom is 0.328 e. The second-order valence-electron chi connectivity index (χ2n) is 4.14. The molecule has 0 saturated carbocycles. The van der Waals surface area contributed by atoms with Crippen molar-refractivity contribution in [1.29, 1.82) is 5.26 Å². The fraction of sp³-hybridized carbons (Fsp3) is 0.250. The summed E-state index contributed by atoms with van der Waals surface area (Å²) in [4.78, 5) is 22.3. The molecule has 1 aromatic rings. The third kappa shape index (κ3) is 1.64. The van der Waals surface area contributed by atoms with Gasteiger partial charge in [-0.1, -0.05) is 12.1 Å². The molecule has 2 rings (SSSR count). The zero-order valence-electron chi connectivity index (χ0n) is 9.15. The molecule has 1 aromatic carbocycles. The van der Waals surface area contributed by atoms with Crippen molar-refractivity contribution in [3.05, 3.63) is 29.3 Å². The van der Waals surface area contributed by atoms with Crippen LogP contribution in [0.5, 0.6) is 0 Å². The van der Waals surface area contributed by atoms with Crippen LogP contribution in [0.25, 0.3) is 0 Å². The Morgan fingerprint density at radius 1 is 1.59 bits per heavy atom. The number of nitrogens with zero attached hydrogens (tertiary/aromatic N) is 1. The van der Waals surface area contributed by atoms with Gasteiger partial charge in [0.05, 0.1) is 12.5 Å². The normalized spacial score (nSPS) is 16.6. The van der Waals surface area contributed by atoms with Gasteiger partial charge in [-0.05, 0) is 24.1 Å². The molecule has 0 fully saturated rings. The van der Waals surface area contributed by atoms with Crippen LogP contribution in [0.4, 0.5) is 5.69 Å². The van der Waals surface area contributed by atoms with E-state index in [9.17, 15) is 9.59 Å². The van der Waals surface area contributed by atoms with Gasteiger partial charge in [0.1, 0.15) is 0 Å². The Morgan fingerprint density at radius 2 is 2.29 bits per heavy atom. The molecule has 1 heterocycles. The predicted molar refractivity (Wildman–Crippen MR) is 59.4 cm³/mol. The lowest BCUT2D eigenvalue weighted by atomic mass is 9.83. The van der Waals surface area contributed by atoms with Crippen molar-refractivity contribution < 1.29 is 14.7 Å². The molecule has 2 N–H and O–H groups in total. The van der Waals surface area contributed by atoms with Gasteiger partial charge < -0.3 is 10.4 Å². The Balaban J connectivity index is 2.50. The first-order valence-corrected chi connectivity index (χ1v) is 5.05. The summed E-state index contributed by atoms with van der Waals surface area (Å²) in [5, 5.41) is 20.7. The van der Waals surface area contributed by atoms with Crippen LogP contribution in [0, 0.1) is 11.3 Å². The maximum atomic E-state index is 11.2. The Kier molecular flexibility index (Phi) is 2.36. The van der Waals surface area contributed by atoms with Crippen LogP contribution in [0.2, 0.25) is 0 Å². The van der Waals surface area contributed by atoms with Crippen LogP contribution >= 0.6 is 0 Å². The standard InChI is InChI=1S/C12H10N2O3/c1-12(6-13,11(16)17)8-2-3-9-7(4-8)5-10(15)14-9/h2-4H,5H2,1H3,(H,14,15)(H,16,17). The summed E-state index contributed by atoms with van der Waals surface area (Å²) in [6, 6.07) is 6.58. The van der Waals surface area contributed by atoms with Crippen molar-refractivity contribution in [2.24, 2.45) is 0 Å². The Hall–Kier alpha value is -2.35. The highest BCUT2D eigenvalue weighted by Crippen LogP contribution is 2.30. The fourth-order valence-corrected chi connectivity index (χ4v) is 1.78. The zero-order valence-corrected chi connectivity index (χ0v) is 9.15. The quantitative estimate of drug-likeness (QED) is 0.794. The smallest absolute Gasteiger partial charge is 0.328 e. The van der Waals surface area contributed by atoms with Gasteiger partial charge in [0.25, 0.3) is 0 Å². The van der Waals surface area contributed by atoms with Gasteiger partial charge in [-0.3, -0.25) is 9.59 Å². The minimum Gasteiger partial charge on any atom is -0.480 e. The van der Waals surface area contributed by atoms with Crippen LogP contribution in [0.15, 0.2) is 18.2 Å². The number of benzene rings is 1. The first-order chi connectivity index (χ1) is 7.97. The Labute approximate surface area is 97.7 Å². The topological polar surface area (TPSA) is 90.2 Å². The molecule has 1 aliphatic heterocycles. The number of carboxylic acid groups (broad SMARTS) is 1. The van der Waals surface area contributed by atoms with Crippen molar-refractivity contribution in [1.82, 2.24) is 0 Å². The molecule has 1 atom stereocenters. The molecule has 1 aliphatic rings. The lowest BCUT2D eigenvalue weighted by molar-refractivity contribution is -0.141. The highest BCUT2D eigenvalue weighted by atomic mass is 16.4. The molecular weight excluding hydrogens is 220 g/mol. The van der Waals surface area contributed by atoms with Crippen molar-refractivity contribution in [3.63, 3.8) is 0 Å². The maximum absolute atomic E-state index is 11.2. The van der Waals surface area contributed by atoms with Crippen LogP contribution in [-0.2, 0) is 21.4 Å². The molecule has 0 bridgehead atoms. The molecule has 0 aliphatic carbocycles. The molecule has 0 saturated heterocycles. The van der Waals surface area contributed by atoms with Crippen LogP contribution < -0.4 is 5.32 Å². The van der Waals surface area contributed by atoms with Crippen LogP contribution in [0.1, 0.15) is 18.1 Å². The average molecular weight is 230 g/mol. The van der Waals surface area contributed by atoms with Gasteiger partial charge in [-0.15, -0.1) is 0 Å². The number of carboxylic acids is 1. The van der Waals surface area contributed by atoms with E-state index in [4.69, 9.17) is 10.4 Å². The number of nitrogens with one attached hydrogen (secondary N) is 1. The van der Waals surface area contributed by atoms with E-state index in [0.29, 0.717) is 11.3 Å². The molecule has 0 spiro atoms. The third-order valence-electron chi connectivity index (χ3n) is 2.96. The summed E-state index contributed by atoms with van der Waals surface area (Å²) in [5.74, 6) is -1.32. The highest BCUT2D eigenvalue weighted by Gasteiger charge is 2.36. The highest BCUT2D eigenvalue weighted by molar-refractivity contribution is 5.99. The minimum atomic E-state index is -1.58. The molecule has 5 nitrogen and oxygen atoms in total. The number of rotatable bonds is 2. The fourth-order valence-electron chi connectivity index (χ4n) is 1.78. The lowest BCUT2D eigenvalue weighted by Gasteiger charge is -2.17. The summed E-state index contributed by atoms with van der Waals surface area (Å²) in [5.41, 5.74) is 0.225. The number of anilines is 1. The van der Waals surface area contributed by atoms with E-state index in [2.05, 4.69) is 5.32 Å². The van der Waals surface area contributed by atoms with Crippen molar-refractivity contribution in [2.75, 3.05) is 5.32 Å². The number of carbonyl (C=O) groups is 2. The van der Waals surface area contributed by atoms with E-state index in [0.717, 1.165) is 5.56 Å². The SMILES string of the molecule is CC(C#N)(C(=O)O)c1ccc2c(c1)CC(=O)N2. The van der Waals surface area contributed by atoms with Crippen molar-refractivity contribution in [3.8, 4) is 6.07 Å². The van der Waals surface area contributed by atoms with Gasteiger partial charge in [-0.25, -0.2) is 0 Å². The molecular formula is C12H10N2O3. The second kappa shape index (κ2) is 3.59. The number of nitriles is 1. The monoisotopic (exact) mass is 230 g/mol. The number of aliphatic carboxylic acids is 1. The minimum absolute atomic E-state index is 0.119. The van der Waals surface area contributed by atoms with Gasteiger partial charge in [0.2, 0.25) is 5.91 Å². The average Bonchev–Trinajstić information content (AvgIpc) is 2.66. The predicted octanol–water partition coefficient (Wildman–Crippen LogP) is 1.05. The van der Waals surface area contributed by atoms with Crippen molar-refractivity contribution >= 4 is 17.6 Å². The van der Waals surface area contributed by atoms with Crippen molar-refractivity contribution in [2.45, 2.75) is 18.8 Å². The first kappa shape index (κ1) is 11.1. The van der Waals surface area contributed by atoms with E-state index < -0.39 is 11.4 Å². The van der Waals surface area contributed by atoms with Gasteiger partial charge in [-0.2, -0.15) is 5.26 Å². The zero-order chi connectivity index (χ0) is 12.6. The summed E-state index contributed by atoms with van der Waals surface area (Å²) in [6.07, 6.45) is 0.226. The summed E-state index contributed by atoms with van der Waals surface area (Å²) in [6.45, 7) is 1.35. The number of carbonyl (C=O) groups excluding carboxylic acids is 1. The molecule has 1 amide bonds. The summed E-state index contributed by atoms with van der Waals surface area (Å²) >= 11 is 0. The summed E-state index contributed by atoms with van der Waals surface area (Å²) in [7, 11) is 0. The summed E-state index contributed by atoms with van der Waals surface area (Å²) < 4.78 is 0. The number of amides is 1. The second-order valence-corrected chi connectivity index (χ2v) is 4.14. The Morgan fingerprint density at radius 3 is 2.88 bits per heavy atom. The first-order valence-electron chi connectivity index (χ1n) is 5.05. The number of hydrogen-bond acceptors (Lipinski definition) is 3. The Bertz CT molecular complexity index is 559. The number of hydrogen-bond donors (Lipinski definition) is 2. The largest absolute Gasteiger partial charge is 0.480 e. The molecule has 17 heavy (non-hydrogen) atoms. The van der Waals surface area contributed by atoms with Gasteiger partial charge in [0, 0.05) is 5.69 Å². The van der Waals surface area contributed by atoms with Gasteiger partial charge >= 0.3 is 5.97 Å². The van der Waals surface area contributed by atoms with Crippen LogP contribution in [0.3, 0.4) is 0 Å². The van der Waals surface area contributed by atoms with E-state index >= 15 is 0 Å². The molecule has 86 valence electrons. The van der Waals surface area contributed by atoms with E-state index in [-0.39, 0.29) is 12.3 Å². The van der Waals surface area contributed by atoms with Gasteiger partial charge in [0.15, 0.2) is 5.41 Å². The third-order valence-corrected chi connectivity index (χ3v) is 2.96. The molecule has 1 unspecified atom stereocenters. The lowest BCUT2D eigenvalue weighted by Crippen LogP contribution is -2.30. The van der Waals surface area contributed by atoms with Crippen LogP contribution in [-0.4, -0.2) is 17.0 Å². The number of fused-ring (bicyclic) bond motifs is 1.